The zero-order chi connectivity index (χ0) is 10.2. The lowest BCUT2D eigenvalue weighted by molar-refractivity contribution is 0.928. The van der Waals surface area contributed by atoms with Gasteiger partial charge < -0.3 is 5.73 Å². The molecule has 4 heteroatoms. The van der Waals surface area contributed by atoms with Crippen molar-refractivity contribution in [3.8, 4) is 0 Å². The molecule has 0 radical (unpaired) electrons. The fourth-order valence-corrected chi connectivity index (χ4v) is 0.873. The zero-order valence-corrected chi connectivity index (χ0v) is 8.14. The van der Waals surface area contributed by atoms with Crippen LogP contribution < -0.4 is 5.73 Å². The Morgan fingerprint density at radius 2 is 2.00 bits per heavy atom. The summed E-state index contributed by atoms with van der Waals surface area (Å²) in [6, 6.07) is 9.99. The highest BCUT2D eigenvalue weighted by Gasteiger charge is 1.80. The average Bonchev–Trinajstić information content (AvgIpc) is 2.71. The van der Waals surface area contributed by atoms with Gasteiger partial charge in [-0.1, -0.05) is 30.3 Å². The third kappa shape index (κ3) is 3.82. The Balaban J connectivity index is 0.000000146. The number of rotatable bonds is 1. The maximum Gasteiger partial charge on any atom is 0.0793 e. The minimum absolute atomic E-state index is 0.640. The van der Waals surface area contributed by atoms with Gasteiger partial charge in [-0.05, 0) is 12.5 Å². The predicted octanol–water partition coefficient (Wildman–Crippen LogP) is 1.26. The fourth-order valence-electron chi connectivity index (χ4n) is 0.873. The predicted molar refractivity (Wildman–Crippen MR) is 55.5 cm³/mol. The van der Waals surface area contributed by atoms with Crippen LogP contribution in [-0.2, 0) is 6.54 Å². The molecule has 0 saturated carbocycles. The third-order valence-electron chi connectivity index (χ3n) is 1.61. The Bertz CT molecular complexity index is 328. The van der Waals surface area contributed by atoms with Crippen molar-refractivity contribution < 1.29 is 0 Å². The Morgan fingerprint density at radius 1 is 1.29 bits per heavy atom. The van der Waals surface area contributed by atoms with E-state index in [0.717, 1.165) is 5.69 Å². The van der Waals surface area contributed by atoms with Gasteiger partial charge in [-0.3, -0.25) is 0 Å². The number of hydrogen-bond donors (Lipinski definition) is 2. The molecule has 4 nitrogen and oxygen atoms in total. The first-order valence-electron chi connectivity index (χ1n) is 4.39. The van der Waals surface area contributed by atoms with Crippen molar-refractivity contribution in [3.63, 3.8) is 0 Å². The minimum Gasteiger partial charge on any atom is -0.326 e. The van der Waals surface area contributed by atoms with Crippen LogP contribution in [0, 0.1) is 6.92 Å². The van der Waals surface area contributed by atoms with Crippen LogP contribution in [0.25, 0.3) is 0 Å². The lowest BCUT2D eigenvalue weighted by Crippen LogP contribution is -1.94. The SMILES string of the molecule is Cc1cn[nH]n1.NCc1ccccc1. The van der Waals surface area contributed by atoms with Crippen molar-refractivity contribution in [2.45, 2.75) is 13.5 Å². The van der Waals surface area contributed by atoms with Crippen molar-refractivity contribution in [2.24, 2.45) is 5.73 Å². The topological polar surface area (TPSA) is 67.6 Å². The van der Waals surface area contributed by atoms with Gasteiger partial charge in [0, 0.05) is 6.54 Å². The molecule has 0 atom stereocenters. The van der Waals surface area contributed by atoms with Gasteiger partial charge in [0.1, 0.15) is 0 Å². The monoisotopic (exact) mass is 190 g/mol. The molecule has 0 unspecified atom stereocenters. The van der Waals surface area contributed by atoms with E-state index < -0.39 is 0 Å². The first kappa shape index (κ1) is 10.4. The van der Waals surface area contributed by atoms with Gasteiger partial charge in [-0.25, -0.2) is 0 Å². The largest absolute Gasteiger partial charge is 0.326 e. The lowest BCUT2D eigenvalue weighted by Gasteiger charge is -1.90. The van der Waals surface area contributed by atoms with Crippen molar-refractivity contribution in [1.82, 2.24) is 15.4 Å². The Kier molecular flexibility index (Phi) is 4.37. The van der Waals surface area contributed by atoms with Gasteiger partial charge in [0.2, 0.25) is 0 Å². The Labute approximate surface area is 83.1 Å². The van der Waals surface area contributed by atoms with E-state index in [-0.39, 0.29) is 0 Å². The third-order valence-corrected chi connectivity index (χ3v) is 1.61. The van der Waals surface area contributed by atoms with Crippen LogP contribution in [0.5, 0.6) is 0 Å². The summed E-state index contributed by atoms with van der Waals surface area (Å²) in [4.78, 5) is 0. The van der Waals surface area contributed by atoms with Crippen LogP contribution in [0.4, 0.5) is 0 Å². The van der Waals surface area contributed by atoms with Gasteiger partial charge >= 0.3 is 0 Å². The zero-order valence-electron chi connectivity index (χ0n) is 8.14. The number of aryl methyl sites for hydroxylation is 1. The van der Waals surface area contributed by atoms with E-state index in [1.807, 2.05) is 37.3 Å². The summed E-state index contributed by atoms with van der Waals surface area (Å²) in [5, 5.41) is 9.70. The summed E-state index contributed by atoms with van der Waals surface area (Å²) < 4.78 is 0. The molecule has 1 aromatic heterocycles. The van der Waals surface area contributed by atoms with Gasteiger partial charge in [0.25, 0.3) is 0 Å². The summed E-state index contributed by atoms with van der Waals surface area (Å²) in [6.07, 6.45) is 1.67. The highest BCUT2D eigenvalue weighted by atomic mass is 15.3. The van der Waals surface area contributed by atoms with Crippen LogP contribution in [0.2, 0.25) is 0 Å². The van der Waals surface area contributed by atoms with Crippen LogP contribution in [-0.4, -0.2) is 15.4 Å². The number of H-pyrrole nitrogens is 1. The van der Waals surface area contributed by atoms with E-state index >= 15 is 0 Å². The molecule has 0 spiro atoms. The molecule has 0 aliphatic heterocycles. The van der Waals surface area contributed by atoms with Crippen molar-refractivity contribution in [3.05, 3.63) is 47.8 Å². The standard InChI is InChI=1S/C7H9N.C3H5N3/c8-6-7-4-2-1-3-5-7;1-3-2-4-6-5-3/h1-5H,6,8H2;2H,1H3,(H,4,5,6). The highest BCUT2D eigenvalue weighted by molar-refractivity contribution is 5.13. The molecule has 2 rings (SSSR count). The number of nitrogens with one attached hydrogen (secondary N) is 1. The van der Waals surface area contributed by atoms with Crippen LogP contribution in [0.3, 0.4) is 0 Å². The number of aromatic nitrogens is 3. The fraction of sp³-hybridized carbons (Fsp3) is 0.200. The number of hydrogen-bond acceptors (Lipinski definition) is 3. The second-order valence-corrected chi connectivity index (χ2v) is 2.80. The molecule has 0 amide bonds. The summed E-state index contributed by atoms with van der Waals surface area (Å²) in [5.41, 5.74) is 7.46. The Hall–Kier alpha value is -1.68. The second kappa shape index (κ2) is 5.88. The molecule has 3 N–H and O–H groups in total. The molecule has 74 valence electrons. The van der Waals surface area contributed by atoms with E-state index in [9.17, 15) is 0 Å². The van der Waals surface area contributed by atoms with Crippen molar-refractivity contribution in [1.29, 1.82) is 0 Å². The van der Waals surface area contributed by atoms with E-state index in [4.69, 9.17) is 5.73 Å². The molecule has 0 bridgehead atoms. The van der Waals surface area contributed by atoms with E-state index in [2.05, 4.69) is 15.4 Å². The van der Waals surface area contributed by atoms with E-state index in [1.165, 1.54) is 5.56 Å². The molecular formula is C10H14N4. The highest BCUT2D eigenvalue weighted by Crippen LogP contribution is 1.94. The summed E-state index contributed by atoms with van der Waals surface area (Å²) in [7, 11) is 0. The lowest BCUT2D eigenvalue weighted by atomic mass is 10.2. The van der Waals surface area contributed by atoms with Crippen LogP contribution in [0.15, 0.2) is 36.5 Å². The summed E-state index contributed by atoms with van der Waals surface area (Å²) in [6.45, 7) is 2.52. The van der Waals surface area contributed by atoms with E-state index in [0.29, 0.717) is 6.54 Å². The van der Waals surface area contributed by atoms with Gasteiger partial charge in [0.05, 0.1) is 11.9 Å². The molecule has 0 fully saturated rings. The molecule has 0 aliphatic carbocycles. The summed E-state index contributed by atoms with van der Waals surface area (Å²) in [5.74, 6) is 0. The van der Waals surface area contributed by atoms with Crippen LogP contribution in [0.1, 0.15) is 11.3 Å². The number of aromatic amines is 1. The average molecular weight is 190 g/mol. The van der Waals surface area contributed by atoms with Crippen LogP contribution >= 0.6 is 0 Å². The minimum atomic E-state index is 0.640. The maximum absolute atomic E-state index is 5.35. The number of nitrogens with two attached hydrogens (primary N) is 1. The van der Waals surface area contributed by atoms with Gasteiger partial charge in [-0.2, -0.15) is 15.4 Å². The first-order valence-corrected chi connectivity index (χ1v) is 4.39. The van der Waals surface area contributed by atoms with E-state index in [1.54, 1.807) is 6.20 Å². The quantitative estimate of drug-likeness (QED) is 0.711. The van der Waals surface area contributed by atoms with Gasteiger partial charge in [0.15, 0.2) is 0 Å². The summed E-state index contributed by atoms with van der Waals surface area (Å²) >= 11 is 0. The first-order chi connectivity index (χ1) is 6.83. The molecule has 14 heavy (non-hydrogen) atoms. The number of nitrogens with zero attached hydrogens (tertiary/aromatic N) is 2. The number of benzene rings is 1. The second-order valence-electron chi connectivity index (χ2n) is 2.80. The van der Waals surface area contributed by atoms with Gasteiger partial charge in [-0.15, -0.1) is 0 Å². The molecule has 1 heterocycles. The normalized spacial score (nSPS) is 9.00. The molecular weight excluding hydrogens is 176 g/mol. The van der Waals surface area contributed by atoms with Crippen molar-refractivity contribution >= 4 is 0 Å². The molecule has 0 aliphatic rings. The molecule has 1 aromatic carbocycles. The molecule has 2 aromatic rings. The molecule has 0 saturated heterocycles. The smallest absolute Gasteiger partial charge is 0.0793 e. The Morgan fingerprint density at radius 3 is 2.29 bits per heavy atom. The maximum atomic E-state index is 5.35. The van der Waals surface area contributed by atoms with Crippen molar-refractivity contribution in [2.75, 3.05) is 0 Å².